The lowest BCUT2D eigenvalue weighted by Crippen LogP contribution is -2.45. The van der Waals surface area contributed by atoms with E-state index in [1.165, 1.54) is 13.2 Å². The summed E-state index contributed by atoms with van der Waals surface area (Å²) in [7, 11) is 1.49. The van der Waals surface area contributed by atoms with Gasteiger partial charge < -0.3 is 29.7 Å². The number of fused-ring (bicyclic) bond motifs is 8. The number of methoxy groups -OCH3 is 1. The smallest absolute Gasteiger partial charge is 0.274 e. The zero-order chi connectivity index (χ0) is 26.9. The van der Waals surface area contributed by atoms with Crippen LogP contribution in [0.3, 0.4) is 0 Å². The molecule has 11 heteroatoms. The Morgan fingerprint density at radius 1 is 1.10 bits per heavy atom. The molecular weight excluding hydrogens is 502 g/mol. The van der Waals surface area contributed by atoms with Crippen molar-refractivity contribution in [3.63, 3.8) is 0 Å². The number of likely N-dealkylation sites (tertiary alicyclic amines) is 1. The van der Waals surface area contributed by atoms with Crippen molar-refractivity contribution in [3.05, 3.63) is 70.5 Å². The molecule has 2 atom stereocenters. The van der Waals surface area contributed by atoms with E-state index >= 15 is 0 Å². The monoisotopic (exact) mass is 531 g/mol. The first-order chi connectivity index (χ1) is 19.0. The number of aryl methyl sites for hydroxylation is 1. The molecular formula is C28H29N5O6. The molecule has 202 valence electrons. The first-order valence-corrected chi connectivity index (χ1v) is 13.0. The number of amides is 3. The fraction of sp³-hybridized carbons (Fsp3) is 0.357. The van der Waals surface area contributed by atoms with E-state index in [1.54, 1.807) is 17.0 Å². The number of hydrogen-bond donors (Lipinski definition) is 3. The minimum atomic E-state index is -0.486. The highest BCUT2D eigenvalue weighted by Gasteiger charge is 2.40. The van der Waals surface area contributed by atoms with Gasteiger partial charge in [0.15, 0.2) is 23.8 Å². The Labute approximate surface area is 224 Å². The lowest BCUT2D eigenvalue weighted by atomic mass is 10.1. The number of nitrogens with zero attached hydrogens (tertiary/aromatic N) is 2. The molecule has 0 radical (unpaired) electrons. The first-order valence-electron chi connectivity index (χ1n) is 13.0. The van der Waals surface area contributed by atoms with Crippen LogP contribution in [0.15, 0.2) is 42.5 Å². The molecule has 0 unspecified atom stereocenters. The Morgan fingerprint density at radius 2 is 1.95 bits per heavy atom. The molecule has 3 aromatic rings. The molecule has 1 aromatic heterocycles. The van der Waals surface area contributed by atoms with Crippen molar-refractivity contribution in [2.45, 2.75) is 38.0 Å². The van der Waals surface area contributed by atoms with Crippen LogP contribution in [-0.4, -0.2) is 71.8 Å². The van der Waals surface area contributed by atoms with Gasteiger partial charge in [-0.2, -0.15) is 5.10 Å². The molecule has 3 amide bonds. The van der Waals surface area contributed by atoms with E-state index in [0.717, 1.165) is 36.1 Å². The second-order valence-electron chi connectivity index (χ2n) is 9.90. The van der Waals surface area contributed by atoms with Gasteiger partial charge in [0.25, 0.3) is 17.7 Å². The Balaban J connectivity index is 1.30. The van der Waals surface area contributed by atoms with E-state index in [0.29, 0.717) is 35.8 Å². The molecule has 3 N–H and O–H groups in total. The van der Waals surface area contributed by atoms with Crippen LogP contribution in [0.5, 0.6) is 17.2 Å². The summed E-state index contributed by atoms with van der Waals surface area (Å²) in [4.78, 5) is 40.9. The van der Waals surface area contributed by atoms with Crippen LogP contribution in [0.4, 0.5) is 0 Å². The van der Waals surface area contributed by atoms with Gasteiger partial charge in [0.05, 0.1) is 19.7 Å². The average Bonchev–Trinajstić information content (AvgIpc) is 3.67. The minimum absolute atomic E-state index is 0.173. The number of rotatable bonds is 2. The summed E-state index contributed by atoms with van der Waals surface area (Å²) in [5, 5.41) is 13.2. The van der Waals surface area contributed by atoms with Crippen LogP contribution < -0.4 is 24.8 Å². The summed E-state index contributed by atoms with van der Waals surface area (Å²) in [5.41, 5.74) is 3.68. The minimum Gasteiger partial charge on any atom is -0.493 e. The molecule has 7 rings (SSSR count). The number of benzene rings is 2. The van der Waals surface area contributed by atoms with Gasteiger partial charge in [-0.05, 0) is 55.2 Å². The average molecular weight is 532 g/mol. The topological polar surface area (TPSA) is 135 Å². The van der Waals surface area contributed by atoms with Crippen LogP contribution in [0.2, 0.25) is 0 Å². The number of hydrogen-bond acceptors (Lipinski definition) is 7. The standard InChI is InChI=1S/C28H29N5O6/c1-37-22-10-7-17-11-23(22)38-15-25(34)29-12-16-5-8-18(9-6-16)39-24-14-33(13-21(24)30-27(17)35)28(36)26-19-3-2-4-20(19)31-32-26/h5-11,21,24H,2-4,12-15H2,1H3,(H,29,34)(H,30,35)(H,31,32)/t21-,24-/m0/s1. The molecule has 1 aliphatic carbocycles. The van der Waals surface area contributed by atoms with Crippen molar-refractivity contribution in [1.82, 2.24) is 25.7 Å². The summed E-state index contributed by atoms with van der Waals surface area (Å²) >= 11 is 0. The summed E-state index contributed by atoms with van der Waals surface area (Å²) in [6, 6.07) is 11.6. The van der Waals surface area contributed by atoms with Gasteiger partial charge in [0.1, 0.15) is 11.9 Å². The van der Waals surface area contributed by atoms with Crippen molar-refractivity contribution < 1.29 is 28.6 Å². The summed E-state index contributed by atoms with van der Waals surface area (Å²) < 4.78 is 17.3. The maximum atomic E-state index is 13.5. The van der Waals surface area contributed by atoms with E-state index in [9.17, 15) is 14.4 Å². The number of aromatic amines is 1. The highest BCUT2D eigenvalue weighted by molar-refractivity contribution is 5.96. The first kappa shape index (κ1) is 24.8. The molecule has 2 aromatic carbocycles. The highest BCUT2D eigenvalue weighted by Crippen LogP contribution is 2.29. The van der Waals surface area contributed by atoms with Crippen LogP contribution >= 0.6 is 0 Å². The SMILES string of the molecule is COc1ccc2cc1OCC(=O)NCc1ccc(cc1)O[C@H]1CN(C(=O)c3n[nH]c4c3CCC4)C[C@@H]1NC2=O. The quantitative estimate of drug-likeness (QED) is 0.457. The molecule has 4 bridgehead atoms. The van der Waals surface area contributed by atoms with Gasteiger partial charge >= 0.3 is 0 Å². The van der Waals surface area contributed by atoms with Crippen LogP contribution in [-0.2, 0) is 24.2 Å². The van der Waals surface area contributed by atoms with Gasteiger partial charge in [-0.15, -0.1) is 0 Å². The Morgan fingerprint density at radius 3 is 2.77 bits per heavy atom. The number of H-pyrrole nitrogens is 1. The number of nitrogens with one attached hydrogen (secondary N) is 3. The maximum absolute atomic E-state index is 13.5. The Kier molecular flexibility index (Phi) is 6.55. The van der Waals surface area contributed by atoms with Gasteiger partial charge in [-0.25, -0.2) is 0 Å². The third-order valence-corrected chi connectivity index (χ3v) is 7.36. The van der Waals surface area contributed by atoms with E-state index in [2.05, 4.69) is 20.8 Å². The van der Waals surface area contributed by atoms with Gasteiger partial charge in [-0.3, -0.25) is 19.5 Å². The van der Waals surface area contributed by atoms with Crippen LogP contribution in [0.25, 0.3) is 0 Å². The normalized spacial score (nSPS) is 20.7. The van der Waals surface area contributed by atoms with Crippen LogP contribution in [0, 0.1) is 0 Å². The Bertz CT molecular complexity index is 1420. The number of carbonyl (C=O) groups excluding carboxylic acids is 3. The second-order valence-corrected chi connectivity index (χ2v) is 9.90. The highest BCUT2D eigenvalue weighted by atomic mass is 16.5. The van der Waals surface area contributed by atoms with Crippen molar-refractivity contribution in [3.8, 4) is 17.2 Å². The fourth-order valence-corrected chi connectivity index (χ4v) is 5.28. The predicted octanol–water partition coefficient (Wildman–Crippen LogP) is 1.62. The van der Waals surface area contributed by atoms with E-state index in [4.69, 9.17) is 14.2 Å². The lowest BCUT2D eigenvalue weighted by Gasteiger charge is -2.21. The Hall–Kier alpha value is -4.54. The fourth-order valence-electron chi connectivity index (χ4n) is 5.28. The molecule has 11 nitrogen and oxygen atoms in total. The van der Waals surface area contributed by atoms with Gasteiger partial charge in [0.2, 0.25) is 0 Å². The third kappa shape index (κ3) is 4.99. The second kappa shape index (κ2) is 10.3. The zero-order valence-electron chi connectivity index (χ0n) is 21.5. The van der Waals surface area contributed by atoms with Crippen molar-refractivity contribution in [2.24, 2.45) is 0 Å². The number of carbonyl (C=O) groups is 3. The summed E-state index contributed by atoms with van der Waals surface area (Å²) in [6.07, 6.45) is 2.24. The van der Waals surface area contributed by atoms with E-state index in [1.807, 2.05) is 24.3 Å². The predicted molar refractivity (Wildman–Crippen MR) is 139 cm³/mol. The number of ether oxygens (including phenoxy) is 3. The summed E-state index contributed by atoms with van der Waals surface area (Å²) in [5.74, 6) is 0.435. The van der Waals surface area contributed by atoms with Crippen molar-refractivity contribution in [1.29, 1.82) is 0 Å². The molecule has 4 aliphatic rings. The molecule has 39 heavy (non-hydrogen) atoms. The molecule has 0 spiro atoms. The van der Waals surface area contributed by atoms with E-state index < -0.39 is 12.1 Å². The number of aromatic nitrogens is 2. The van der Waals surface area contributed by atoms with Crippen LogP contribution in [0.1, 0.15) is 44.1 Å². The molecule has 1 fully saturated rings. The van der Waals surface area contributed by atoms with Gasteiger partial charge in [-0.1, -0.05) is 12.1 Å². The largest absolute Gasteiger partial charge is 0.493 e. The zero-order valence-corrected chi connectivity index (χ0v) is 21.5. The molecule has 3 aliphatic heterocycles. The molecule has 4 heterocycles. The summed E-state index contributed by atoms with van der Waals surface area (Å²) in [6.45, 7) is 0.649. The van der Waals surface area contributed by atoms with Crippen molar-refractivity contribution >= 4 is 17.7 Å². The lowest BCUT2D eigenvalue weighted by molar-refractivity contribution is -0.123. The third-order valence-electron chi connectivity index (χ3n) is 7.36. The van der Waals surface area contributed by atoms with E-state index in [-0.39, 0.29) is 36.6 Å². The van der Waals surface area contributed by atoms with Crippen molar-refractivity contribution in [2.75, 3.05) is 26.8 Å². The maximum Gasteiger partial charge on any atom is 0.274 e. The molecule has 1 saturated heterocycles. The van der Waals surface area contributed by atoms with Gasteiger partial charge in [0, 0.05) is 29.9 Å². The molecule has 0 saturated carbocycles.